The molecule has 0 aliphatic carbocycles. The van der Waals surface area contributed by atoms with Crippen molar-refractivity contribution in [3.05, 3.63) is 23.9 Å². The summed E-state index contributed by atoms with van der Waals surface area (Å²) in [5.41, 5.74) is 0.532. The van der Waals surface area contributed by atoms with Crippen molar-refractivity contribution in [2.75, 3.05) is 29.5 Å². The monoisotopic (exact) mass is 239 g/mol. The van der Waals surface area contributed by atoms with Crippen molar-refractivity contribution in [1.82, 2.24) is 4.98 Å². The molecular formula is C10H13N3O2S. The number of rotatable bonds is 1. The van der Waals surface area contributed by atoms with Crippen LogP contribution in [0.2, 0.25) is 0 Å². The summed E-state index contributed by atoms with van der Waals surface area (Å²) in [6.07, 6.45) is 1.53. The summed E-state index contributed by atoms with van der Waals surface area (Å²) in [6.45, 7) is 1.20. The van der Waals surface area contributed by atoms with E-state index in [0.29, 0.717) is 30.2 Å². The van der Waals surface area contributed by atoms with Crippen molar-refractivity contribution in [3.63, 3.8) is 0 Å². The lowest BCUT2D eigenvalue weighted by atomic mass is 10.3. The summed E-state index contributed by atoms with van der Waals surface area (Å²) in [5.74, 6) is 1.58. The van der Waals surface area contributed by atoms with Gasteiger partial charge in [0, 0.05) is 19.3 Å². The Morgan fingerprint density at radius 1 is 1.31 bits per heavy atom. The van der Waals surface area contributed by atoms with Gasteiger partial charge in [-0.2, -0.15) is 15.9 Å². The standard InChI is InChI=1S/C10H13N3O2S/c11-7-9-1-2-10(12-8-9)13-3-5-16(14,15)6-4-13/h1-2,8,14-15H,3-6H2. The average molecular weight is 239 g/mol. The van der Waals surface area contributed by atoms with Crippen molar-refractivity contribution in [2.45, 2.75) is 0 Å². The second kappa shape index (κ2) is 4.29. The molecule has 0 aromatic carbocycles. The molecular weight excluding hydrogens is 226 g/mol. The van der Waals surface area contributed by atoms with E-state index in [4.69, 9.17) is 5.26 Å². The van der Waals surface area contributed by atoms with Crippen LogP contribution < -0.4 is 4.90 Å². The molecule has 16 heavy (non-hydrogen) atoms. The molecule has 1 fully saturated rings. The van der Waals surface area contributed by atoms with Gasteiger partial charge < -0.3 is 4.90 Å². The fraction of sp³-hybridized carbons (Fsp3) is 0.400. The highest BCUT2D eigenvalue weighted by atomic mass is 32.3. The molecule has 2 heterocycles. The maximum Gasteiger partial charge on any atom is 0.128 e. The molecule has 0 atom stereocenters. The van der Waals surface area contributed by atoms with Crippen LogP contribution in [0.5, 0.6) is 0 Å². The molecule has 0 spiro atoms. The lowest BCUT2D eigenvalue weighted by molar-refractivity contribution is 0.479. The Morgan fingerprint density at radius 2 is 2.00 bits per heavy atom. The normalized spacial score (nSPS) is 21.2. The van der Waals surface area contributed by atoms with Crippen molar-refractivity contribution in [1.29, 1.82) is 5.26 Å². The predicted octanol–water partition coefficient (Wildman–Crippen LogP) is 1.52. The third-order valence-electron chi connectivity index (χ3n) is 2.58. The Balaban J connectivity index is 2.06. The summed E-state index contributed by atoms with van der Waals surface area (Å²) in [6, 6.07) is 5.52. The van der Waals surface area contributed by atoms with Crippen LogP contribution in [0.1, 0.15) is 5.56 Å². The highest BCUT2D eigenvalue weighted by molar-refractivity contribution is 8.24. The molecule has 0 saturated carbocycles. The molecule has 5 nitrogen and oxygen atoms in total. The van der Waals surface area contributed by atoms with Gasteiger partial charge in [0.05, 0.1) is 17.1 Å². The molecule has 1 aliphatic heterocycles. The summed E-state index contributed by atoms with van der Waals surface area (Å²) in [7, 11) is -2.36. The second-order valence-electron chi connectivity index (χ2n) is 3.71. The number of aromatic nitrogens is 1. The first-order valence-electron chi connectivity index (χ1n) is 4.95. The Hall–Kier alpha value is -1.29. The third kappa shape index (κ3) is 2.44. The Morgan fingerprint density at radius 3 is 2.50 bits per heavy atom. The van der Waals surface area contributed by atoms with E-state index in [9.17, 15) is 9.11 Å². The highest BCUT2D eigenvalue weighted by Crippen LogP contribution is 2.40. The largest absolute Gasteiger partial charge is 0.353 e. The van der Waals surface area contributed by atoms with E-state index in [0.717, 1.165) is 5.82 Å². The van der Waals surface area contributed by atoms with Crippen LogP contribution in [0.4, 0.5) is 5.82 Å². The van der Waals surface area contributed by atoms with Crippen LogP contribution in [0, 0.1) is 11.3 Å². The van der Waals surface area contributed by atoms with Crippen LogP contribution in [0.15, 0.2) is 18.3 Å². The van der Waals surface area contributed by atoms with Gasteiger partial charge >= 0.3 is 0 Å². The average Bonchev–Trinajstić information content (AvgIpc) is 2.29. The summed E-state index contributed by atoms with van der Waals surface area (Å²) in [4.78, 5) is 6.17. The van der Waals surface area contributed by atoms with Crippen molar-refractivity contribution >= 4 is 16.4 Å². The topological polar surface area (TPSA) is 80.4 Å². The number of anilines is 1. The SMILES string of the molecule is N#Cc1ccc(N2CCS(O)(O)CC2)nc1. The van der Waals surface area contributed by atoms with E-state index in [2.05, 4.69) is 4.98 Å². The van der Waals surface area contributed by atoms with Gasteiger partial charge in [0.1, 0.15) is 11.9 Å². The van der Waals surface area contributed by atoms with Crippen molar-refractivity contribution in [2.24, 2.45) is 0 Å². The first-order chi connectivity index (χ1) is 7.61. The molecule has 1 aromatic rings. The summed E-state index contributed by atoms with van der Waals surface area (Å²) in [5, 5.41) is 8.64. The number of hydrogen-bond donors (Lipinski definition) is 2. The van der Waals surface area contributed by atoms with Crippen molar-refractivity contribution in [3.8, 4) is 6.07 Å². The minimum Gasteiger partial charge on any atom is -0.353 e. The molecule has 0 bridgehead atoms. The van der Waals surface area contributed by atoms with E-state index in [1.807, 2.05) is 11.0 Å². The Bertz CT molecular complexity index is 403. The molecule has 0 radical (unpaired) electrons. The van der Waals surface area contributed by atoms with Gasteiger partial charge in [-0.25, -0.2) is 4.98 Å². The first-order valence-corrected chi connectivity index (χ1v) is 6.84. The van der Waals surface area contributed by atoms with Gasteiger partial charge in [0.2, 0.25) is 0 Å². The fourth-order valence-electron chi connectivity index (χ4n) is 1.60. The molecule has 1 aliphatic rings. The summed E-state index contributed by atoms with van der Waals surface area (Å²) < 4.78 is 18.9. The van der Waals surface area contributed by atoms with Crippen LogP contribution in [-0.2, 0) is 0 Å². The Kier molecular flexibility index (Phi) is 3.01. The quantitative estimate of drug-likeness (QED) is 0.776. The smallest absolute Gasteiger partial charge is 0.128 e. The molecule has 6 heteroatoms. The van der Waals surface area contributed by atoms with E-state index in [-0.39, 0.29) is 0 Å². The van der Waals surface area contributed by atoms with E-state index in [1.54, 1.807) is 12.1 Å². The first kappa shape index (κ1) is 11.2. The van der Waals surface area contributed by atoms with Crippen molar-refractivity contribution < 1.29 is 9.11 Å². The molecule has 0 unspecified atom stereocenters. The van der Waals surface area contributed by atoms with Crippen LogP contribution >= 0.6 is 10.6 Å². The van der Waals surface area contributed by atoms with E-state index >= 15 is 0 Å². The van der Waals surface area contributed by atoms with Gasteiger partial charge in [0.15, 0.2) is 0 Å². The van der Waals surface area contributed by atoms with Gasteiger partial charge in [-0.05, 0) is 12.1 Å². The Labute approximate surface area is 95.7 Å². The molecule has 0 amide bonds. The van der Waals surface area contributed by atoms with Crippen LogP contribution in [0.25, 0.3) is 0 Å². The highest BCUT2D eigenvalue weighted by Gasteiger charge is 2.22. The van der Waals surface area contributed by atoms with E-state index in [1.165, 1.54) is 6.20 Å². The van der Waals surface area contributed by atoms with Gasteiger partial charge in [-0.1, -0.05) is 0 Å². The lowest BCUT2D eigenvalue weighted by Crippen LogP contribution is -2.38. The zero-order chi connectivity index (χ0) is 11.6. The number of pyridine rings is 1. The number of nitriles is 1. The van der Waals surface area contributed by atoms with Gasteiger partial charge in [-0.15, -0.1) is 0 Å². The summed E-state index contributed by atoms with van der Waals surface area (Å²) >= 11 is 0. The minimum absolute atomic E-state index is 0.398. The number of nitrogens with zero attached hydrogens (tertiary/aromatic N) is 3. The second-order valence-corrected chi connectivity index (χ2v) is 6.14. The molecule has 2 N–H and O–H groups in total. The molecule has 2 rings (SSSR count). The molecule has 1 saturated heterocycles. The predicted molar refractivity (Wildman–Crippen MR) is 63.7 cm³/mol. The molecule has 86 valence electrons. The maximum absolute atomic E-state index is 9.47. The molecule has 1 aromatic heterocycles. The number of hydrogen-bond acceptors (Lipinski definition) is 5. The zero-order valence-electron chi connectivity index (χ0n) is 8.70. The van der Waals surface area contributed by atoms with Gasteiger partial charge in [0.25, 0.3) is 0 Å². The fourth-order valence-corrected chi connectivity index (χ4v) is 2.82. The maximum atomic E-state index is 9.47. The van der Waals surface area contributed by atoms with Gasteiger partial charge in [-0.3, -0.25) is 9.11 Å². The minimum atomic E-state index is -2.36. The zero-order valence-corrected chi connectivity index (χ0v) is 9.52. The van der Waals surface area contributed by atoms with Crippen LogP contribution in [0.3, 0.4) is 0 Å². The lowest BCUT2D eigenvalue weighted by Gasteiger charge is -2.41. The van der Waals surface area contributed by atoms with E-state index < -0.39 is 10.6 Å². The third-order valence-corrected chi connectivity index (χ3v) is 4.25. The van der Waals surface area contributed by atoms with Crippen LogP contribution in [-0.4, -0.2) is 38.7 Å².